The third-order valence-electron chi connectivity index (χ3n) is 2.14. The average Bonchev–Trinajstić information content (AvgIpc) is 2.18. The van der Waals surface area contributed by atoms with Crippen LogP contribution in [0.1, 0.15) is 5.69 Å². The van der Waals surface area contributed by atoms with Gasteiger partial charge in [-0.05, 0) is 13.0 Å². The zero-order valence-corrected chi connectivity index (χ0v) is 9.61. The number of pyridine rings is 1. The summed E-state index contributed by atoms with van der Waals surface area (Å²) in [6.07, 6.45) is 2.59. The van der Waals surface area contributed by atoms with E-state index in [1.54, 1.807) is 13.0 Å². The van der Waals surface area contributed by atoms with Crippen LogP contribution in [0.5, 0.6) is 0 Å². The molecule has 2 aromatic heterocycles. The molecule has 0 aliphatic heterocycles. The fourth-order valence-electron chi connectivity index (χ4n) is 1.37. The predicted octanol–water partition coefficient (Wildman–Crippen LogP) is 0.319. The van der Waals surface area contributed by atoms with E-state index in [0.29, 0.717) is 16.6 Å². The lowest BCUT2D eigenvalue weighted by Crippen LogP contribution is -2.07. The van der Waals surface area contributed by atoms with Crippen molar-refractivity contribution < 1.29 is 8.42 Å². The zero-order valence-electron chi connectivity index (χ0n) is 8.80. The molecule has 2 heterocycles. The van der Waals surface area contributed by atoms with E-state index in [9.17, 15) is 8.42 Å². The van der Waals surface area contributed by atoms with E-state index in [4.69, 9.17) is 5.73 Å². The molecule has 7 heteroatoms. The van der Waals surface area contributed by atoms with Gasteiger partial charge < -0.3 is 5.73 Å². The number of aromatic nitrogens is 3. The van der Waals surface area contributed by atoms with Crippen LogP contribution in [0.15, 0.2) is 17.4 Å². The summed E-state index contributed by atoms with van der Waals surface area (Å²) >= 11 is 0. The van der Waals surface area contributed by atoms with Crippen molar-refractivity contribution in [3.8, 4) is 0 Å². The molecule has 0 saturated heterocycles. The number of anilines is 1. The van der Waals surface area contributed by atoms with Gasteiger partial charge >= 0.3 is 0 Å². The maximum absolute atomic E-state index is 11.4. The van der Waals surface area contributed by atoms with Crippen LogP contribution in [-0.4, -0.2) is 29.6 Å². The number of nitrogens with zero attached hydrogens (tertiary/aromatic N) is 3. The molecule has 0 saturated carbocycles. The molecular weight excluding hydrogens is 228 g/mol. The molecule has 0 amide bonds. The van der Waals surface area contributed by atoms with E-state index in [2.05, 4.69) is 15.0 Å². The summed E-state index contributed by atoms with van der Waals surface area (Å²) in [5.41, 5.74) is 6.58. The highest BCUT2D eigenvalue weighted by molar-refractivity contribution is 7.90. The van der Waals surface area contributed by atoms with Crippen LogP contribution in [0.3, 0.4) is 0 Å². The second-order valence-corrected chi connectivity index (χ2v) is 5.37. The van der Waals surface area contributed by atoms with E-state index in [1.807, 2.05) is 0 Å². The van der Waals surface area contributed by atoms with Gasteiger partial charge in [-0.2, -0.15) is 0 Å². The van der Waals surface area contributed by atoms with Gasteiger partial charge in [-0.1, -0.05) is 0 Å². The smallest absolute Gasteiger partial charge is 0.247 e. The molecule has 84 valence electrons. The van der Waals surface area contributed by atoms with Crippen molar-refractivity contribution in [2.24, 2.45) is 0 Å². The van der Waals surface area contributed by atoms with Crippen LogP contribution in [0.4, 0.5) is 5.82 Å². The Morgan fingerprint density at radius 3 is 2.62 bits per heavy atom. The molecule has 0 spiro atoms. The second-order valence-electron chi connectivity index (χ2n) is 3.46. The Kier molecular flexibility index (Phi) is 2.27. The Hall–Kier alpha value is -1.76. The average molecular weight is 238 g/mol. The molecular formula is C9H10N4O2S. The van der Waals surface area contributed by atoms with Crippen molar-refractivity contribution in [3.05, 3.63) is 18.0 Å². The largest absolute Gasteiger partial charge is 0.382 e. The maximum atomic E-state index is 11.4. The third kappa shape index (κ3) is 1.69. The fourth-order valence-corrected chi connectivity index (χ4v) is 1.93. The van der Waals surface area contributed by atoms with E-state index in [-0.39, 0.29) is 11.0 Å². The maximum Gasteiger partial charge on any atom is 0.247 e. The molecule has 6 nitrogen and oxygen atoms in total. The summed E-state index contributed by atoms with van der Waals surface area (Å²) < 4.78 is 22.7. The van der Waals surface area contributed by atoms with Gasteiger partial charge in [0.2, 0.25) is 15.0 Å². The Bertz CT molecular complexity index is 667. The van der Waals surface area contributed by atoms with Crippen molar-refractivity contribution in [2.75, 3.05) is 12.0 Å². The summed E-state index contributed by atoms with van der Waals surface area (Å²) in [5, 5.41) is 0.483. The molecule has 0 bridgehead atoms. The van der Waals surface area contributed by atoms with Gasteiger partial charge in [-0.25, -0.2) is 23.4 Å². The molecule has 0 aliphatic rings. The number of hydrogen-bond donors (Lipinski definition) is 1. The minimum absolute atomic E-state index is 0.202. The molecule has 0 radical (unpaired) electrons. The van der Waals surface area contributed by atoms with Crippen LogP contribution in [0.2, 0.25) is 0 Å². The molecule has 0 unspecified atom stereocenters. The quantitative estimate of drug-likeness (QED) is 0.718. The topological polar surface area (TPSA) is 98.8 Å². The highest BCUT2D eigenvalue weighted by atomic mass is 32.2. The molecule has 0 aliphatic carbocycles. The third-order valence-corrected chi connectivity index (χ3v) is 2.99. The van der Waals surface area contributed by atoms with Gasteiger partial charge in [0, 0.05) is 17.8 Å². The van der Waals surface area contributed by atoms with Crippen LogP contribution in [0.25, 0.3) is 10.9 Å². The summed E-state index contributed by atoms with van der Waals surface area (Å²) in [6.45, 7) is 1.71. The lowest BCUT2D eigenvalue weighted by atomic mass is 10.2. The molecule has 2 rings (SSSR count). The van der Waals surface area contributed by atoms with Crippen molar-refractivity contribution in [2.45, 2.75) is 12.1 Å². The van der Waals surface area contributed by atoms with Crippen molar-refractivity contribution >= 4 is 26.6 Å². The summed E-state index contributed by atoms with van der Waals surface area (Å²) in [7, 11) is -3.44. The van der Waals surface area contributed by atoms with Crippen LogP contribution in [0, 0.1) is 6.92 Å². The lowest BCUT2D eigenvalue weighted by molar-refractivity contribution is 0.593. The van der Waals surface area contributed by atoms with Gasteiger partial charge in [0.25, 0.3) is 0 Å². The van der Waals surface area contributed by atoms with E-state index >= 15 is 0 Å². The number of hydrogen-bond acceptors (Lipinski definition) is 6. The van der Waals surface area contributed by atoms with Gasteiger partial charge in [-0.3, -0.25) is 0 Å². The van der Waals surface area contributed by atoms with Crippen LogP contribution in [-0.2, 0) is 9.84 Å². The number of rotatable bonds is 1. The van der Waals surface area contributed by atoms with Gasteiger partial charge in [0.1, 0.15) is 11.3 Å². The van der Waals surface area contributed by atoms with E-state index in [1.165, 1.54) is 6.20 Å². The number of sulfone groups is 1. The van der Waals surface area contributed by atoms with Crippen LogP contribution < -0.4 is 5.73 Å². The summed E-state index contributed by atoms with van der Waals surface area (Å²) in [5.74, 6) is 0.202. The first kappa shape index (κ1) is 10.7. The number of aryl methyl sites for hydroxylation is 1. The number of fused-ring (bicyclic) bond motifs is 1. The molecule has 0 fully saturated rings. The first-order valence-corrected chi connectivity index (χ1v) is 6.37. The molecule has 0 aromatic carbocycles. The minimum atomic E-state index is -3.44. The first-order chi connectivity index (χ1) is 7.39. The van der Waals surface area contributed by atoms with Gasteiger partial charge in [0.05, 0.1) is 5.69 Å². The van der Waals surface area contributed by atoms with E-state index < -0.39 is 9.84 Å². The lowest BCUT2D eigenvalue weighted by Gasteiger charge is -2.05. The van der Waals surface area contributed by atoms with Gasteiger partial charge in [-0.15, -0.1) is 0 Å². The Balaban J connectivity index is 2.91. The highest BCUT2D eigenvalue weighted by Gasteiger charge is 2.15. The summed E-state index contributed by atoms with van der Waals surface area (Å²) in [4.78, 5) is 11.7. The minimum Gasteiger partial charge on any atom is -0.382 e. The summed E-state index contributed by atoms with van der Waals surface area (Å²) in [6, 6.07) is 1.70. The Morgan fingerprint density at radius 1 is 1.31 bits per heavy atom. The van der Waals surface area contributed by atoms with Crippen LogP contribution >= 0.6 is 0 Å². The van der Waals surface area contributed by atoms with Gasteiger partial charge in [0.15, 0.2) is 0 Å². The van der Waals surface area contributed by atoms with Crippen molar-refractivity contribution in [1.29, 1.82) is 0 Å². The van der Waals surface area contributed by atoms with E-state index in [0.717, 1.165) is 6.26 Å². The molecule has 2 aromatic rings. The number of nitrogen functional groups attached to an aromatic ring is 1. The molecule has 16 heavy (non-hydrogen) atoms. The molecule has 2 N–H and O–H groups in total. The van der Waals surface area contributed by atoms with Crippen molar-refractivity contribution in [3.63, 3.8) is 0 Å². The number of nitrogens with two attached hydrogens (primary N) is 1. The van der Waals surface area contributed by atoms with Crippen molar-refractivity contribution in [1.82, 2.24) is 15.0 Å². The first-order valence-electron chi connectivity index (χ1n) is 4.48. The zero-order chi connectivity index (χ0) is 11.9. The Labute approximate surface area is 92.5 Å². The predicted molar refractivity (Wildman–Crippen MR) is 59.6 cm³/mol. The normalized spacial score (nSPS) is 11.9. The monoisotopic (exact) mass is 238 g/mol. The SMILES string of the molecule is Cc1nc(S(C)(=O)=O)nc2c(N)nccc12. The molecule has 0 atom stereocenters. The fraction of sp³-hybridized carbons (Fsp3) is 0.222. The Morgan fingerprint density at radius 2 is 2.00 bits per heavy atom. The second kappa shape index (κ2) is 3.38. The highest BCUT2D eigenvalue weighted by Crippen LogP contribution is 2.20. The standard InChI is InChI=1S/C9H10N4O2S/c1-5-6-3-4-11-8(10)7(6)13-9(12-5)16(2,14)15/h3-4H,1-2H3,(H2,10,11).